The van der Waals surface area contributed by atoms with Gasteiger partial charge in [0, 0.05) is 36.8 Å². The van der Waals surface area contributed by atoms with Gasteiger partial charge in [-0.2, -0.15) is 0 Å². The van der Waals surface area contributed by atoms with Crippen molar-refractivity contribution in [3.8, 4) is 28.0 Å². The number of fused-ring (bicyclic) bond motifs is 4. The minimum atomic E-state index is -0.400. The third kappa shape index (κ3) is 4.53. The summed E-state index contributed by atoms with van der Waals surface area (Å²) in [5.74, 6) is 0.953. The molecule has 1 aromatic heterocycles. The van der Waals surface area contributed by atoms with Gasteiger partial charge >= 0.3 is 0 Å². The number of primary amides is 1. The standard InChI is InChI=1S/C30H29N3O5/c31-27(35)18-32-10-13-37-26-9-8-21(24-16-19-4-1-2-5-20(19)29(24)26)22-6-3-7-23-25(34)17-28(38-30(22)23)33-11-14-36-15-12-33/h1-9,17,32H,10-16,18H2,(H2,31,35). The van der Waals surface area contributed by atoms with Crippen LogP contribution in [0.25, 0.3) is 33.2 Å². The van der Waals surface area contributed by atoms with E-state index in [2.05, 4.69) is 22.3 Å². The molecule has 1 saturated heterocycles. The van der Waals surface area contributed by atoms with Crippen molar-refractivity contribution in [2.24, 2.45) is 5.73 Å². The number of benzene rings is 3. The molecule has 1 amide bonds. The maximum Gasteiger partial charge on any atom is 0.231 e. The number of para-hydroxylation sites is 1. The number of nitrogens with one attached hydrogen (secondary N) is 1. The van der Waals surface area contributed by atoms with Gasteiger partial charge in [0.05, 0.1) is 25.1 Å². The van der Waals surface area contributed by atoms with Gasteiger partial charge in [0.1, 0.15) is 17.9 Å². The maximum absolute atomic E-state index is 13.1. The largest absolute Gasteiger partial charge is 0.492 e. The number of nitrogens with zero attached hydrogens (tertiary/aromatic N) is 1. The Bertz CT molecular complexity index is 1570. The number of ether oxygens (including phenoxy) is 2. The molecule has 0 bridgehead atoms. The zero-order chi connectivity index (χ0) is 26.1. The lowest BCUT2D eigenvalue weighted by atomic mass is 9.93. The zero-order valence-electron chi connectivity index (χ0n) is 21.0. The Hall–Kier alpha value is -4.14. The summed E-state index contributed by atoms with van der Waals surface area (Å²) >= 11 is 0. The molecule has 1 fully saturated rings. The molecule has 194 valence electrons. The van der Waals surface area contributed by atoms with Gasteiger partial charge in [-0.3, -0.25) is 9.59 Å². The van der Waals surface area contributed by atoms with Crippen LogP contribution in [0.1, 0.15) is 11.1 Å². The summed E-state index contributed by atoms with van der Waals surface area (Å²) in [5, 5.41) is 3.54. The van der Waals surface area contributed by atoms with Crippen LogP contribution in [0.5, 0.6) is 5.75 Å². The monoisotopic (exact) mass is 511 g/mol. The zero-order valence-corrected chi connectivity index (χ0v) is 21.0. The molecule has 0 unspecified atom stereocenters. The molecule has 0 radical (unpaired) electrons. The first-order valence-corrected chi connectivity index (χ1v) is 12.9. The molecule has 3 N–H and O–H groups in total. The molecule has 2 aliphatic rings. The molecule has 3 aromatic carbocycles. The van der Waals surface area contributed by atoms with E-state index in [1.54, 1.807) is 6.07 Å². The van der Waals surface area contributed by atoms with E-state index in [4.69, 9.17) is 19.6 Å². The molecule has 6 rings (SSSR count). The average molecular weight is 512 g/mol. The van der Waals surface area contributed by atoms with Crippen LogP contribution in [0, 0.1) is 0 Å². The summed E-state index contributed by atoms with van der Waals surface area (Å²) in [7, 11) is 0. The van der Waals surface area contributed by atoms with Crippen molar-refractivity contribution in [3.05, 3.63) is 82.0 Å². The van der Waals surface area contributed by atoms with E-state index >= 15 is 0 Å². The van der Waals surface area contributed by atoms with Crippen LogP contribution in [0.2, 0.25) is 0 Å². The van der Waals surface area contributed by atoms with Gasteiger partial charge in [-0.15, -0.1) is 0 Å². The fourth-order valence-electron chi connectivity index (χ4n) is 5.35. The number of hydrogen-bond acceptors (Lipinski definition) is 7. The van der Waals surface area contributed by atoms with E-state index < -0.39 is 5.91 Å². The minimum Gasteiger partial charge on any atom is -0.492 e. The van der Waals surface area contributed by atoms with Gasteiger partial charge in [-0.05, 0) is 40.8 Å². The van der Waals surface area contributed by atoms with E-state index in [1.807, 2.05) is 42.5 Å². The second-order valence-corrected chi connectivity index (χ2v) is 9.52. The van der Waals surface area contributed by atoms with Crippen molar-refractivity contribution in [3.63, 3.8) is 0 Å². The van der Waals surface area contributed by atoms with Crippen LogP contribution in [0.15, 0.2) is 69.9 Å². The summed E-state index contributed by atoms with van der Waals surface area (Å²) in [5.41, 5.74) is 12.2. The molecule has 1 aliphatic heterocycles. The Morgan fingerprint density at radius 1 is 1.00 bits per heavy atom. The van der Waals surface area contributed by atoms with E-state index in [-0.39, 0.29) is 12.0 Å². The third-order valence-corrected chi connectivity index (χ3v) is 7.12. The Kier molecular flexibility index (Phi) is 6.57. The normalized spacial score (nSPS) is 14.4. The van der Waals surface area contributed by atoms with Crippen LogP contribution < -0.4 is 26.1 Å². The van der Waals surface area contributed by atoms with Crippen molar-refractivity contribution in [2.45, 2.75) is 6.42 Å². The Balaban J connectivity index is 1.43. The molecular formula is C30H29N3O5. The van der Waals surface area contributed by atoms with Gasteiger partial charge in [0.2, 0.25) is 5.91 Å². The highest BCUT2D eigenvalue weighted by Crippen LogP contribution is 2.47. The molecule has 2 heterocycles. The summed E-state index contributed by atoms with van der Waals surface area (Å²) < 4.78 is 18.1. The van der Waals surface area contributed by atoms with Crippen molar-refractivity contribution in [1.29, 1.82) is 0 Å². The van der Waals surface area contributed by atoms with Gasteiger partial charge in [0.15, 0.2) is 11.3 Å². The summed E-state index contributed by atoms with van der Waals surface area (Å²) in [6.45, 7) is 3.59. The number of amides is 1. The molecule has 1 aliphatic carbocycles. The van der Waals surface area contributed by atoms with Gasteiger partial charge in [0.25, 0.3) is 0 Å². The lowest BCUT2D eigenvalue weighted by Gasteiger charge is -2.27. The molecular weight excluding hydrogens is 482 g/mol. The second-order valence-electron chi connectivity index (χ2n) is 9.52. The van der Waals surface area contributed by atoms with Gasteiger partial charge in [-0.1, -0.05) is 42.5 Å². The molecule has 0 saturated carbocycles. The lowest BCUT2D eigenvalue weighted by molar-refractivity contribution is -0.117. The molecule has 0 spiro atoms. The van der Waals surface area contributed by atoms with E-state index in [9.17, 15) is 9.59 Å². The molecule has 4 aromatic rings. The lowest BCUT2D eigenvalue weighted by Crippen LogP contribution is -2.36. The maximum atomic E-state index is 13.1. The fraction of sp³-hybridized carbons (Fsp3) is 0.267. The number of nitrogens with two attached hydrogens (primary N) is 1. The van der Waals surface area contributed by atoms with Crippen molar-refractivity contribution >= 4 is 22.8 Å². The van der Waals surface area contributed by atoms with E-state index in [1.165, 1.54) is 5.56 Å². The molecule has 38 heavy (non-hydrogen) atoms. The highest BCUT2D eigenvalue weighted by Gasteiger charge is 2.27. The molecule has 8 nitrogen and oxygen atoms in total. The third-order valence-electron chi connectivity index (χ3n) is 7.12. The molecule has 0 atom stereocenters. The topological polar surface area (TPSA) is 107 Å². The highest BCUT2D eigenvalue weighted by molar-refractivity contribution is 5.97. The Labute approximate surface area is 220 Å². The van der Waals surface area contributed by atoms with Crippen molar-refractivity contribution in [2.75, 3.05) is 50.9 Å². The smallest absolute Gasteiger partial charge is 0.231 e. The first kappa shape index (κ1) is 24.2. The van der Waals surface area contributed by atoms with Crippen molar-refractivity contribution in [1.82, 2.24) is 5.32 Å². The number of anilines is 1. The number of hydrogen-bond donors (Lipinski definition) is 2. The predicted octanol–water partition coefficient (Wildman–Crippen LogP) is 3.32. The first-order chi connectivity index (χ1) is 18.6. The van der Waals surface area contributed by atoms with Gasteiger partial charge < -0.3 is 29.8 Å². The van der Waals surface area contributed by atoms with E-state index in [0.29, 0.717) is 56.3 Å². The summed E-state index contributed by atoms with van der Waals surface area (Å²) in [6.07, 6.45) is 0.752. The van der Waals surface area contributed by atoms with Crippen LogP contribution in [0.4, 0.5) is 5.88 Å². The number of rotatable bonds is 8. The quantitative estimate of drug-likeness (QED) is 0.308. The number of carbonyl (C=O) groups excluding carboxylic acids is 1. The SMILES string of the molecule is NC(=O)CNCCOc1ccc(-c2cccc3c(=O)cc(N4CCOCC4)oc23)c2c1-c1ccccc1C2. The van der Waals surface area contributed by atoms with E-state index in [0.717, 1.165) is 40.0 Å². The summed E-state index contributed by atoms with van der Waals surface area (Å²) in [4.78, 5) is 26.2. The molecule has 8 heteroatoms. The fourth-order valence-corrected chi connectivity index (χ4v) is 5.35. The average Bonchev–Trinajstić information content (AvgIpc) is 3.33. The minimum absolute atomic E-state index is 0.0575. The van der Waals surface area contributed by atoms with Gasteiger partial charge in [-0.25, -0.2) is 0 Å². The number of carbonyl (C=O) groups is 1. The number of morpholine rings is 1. The highest BCUT2D eigenvalue weighted by atomic mass is 16.5. The van der Waals surface area contributed by atoms with Crippen LogP contribution in [-0.4, -0.2) is 51.9 Å². The van der Waals surface area contributed by atoms with Crippen LogP contribution in [0.3, 0.4) is 0 Å². The first-order valence-electron chi connectivity index (χ1n) is 12.9. The summed E-state index contributed by atoms with van der Waals surface area (Å²) in [6, 6.07) is 19.7. The predicted molar refractivity (Wildman–Crippen MR) is 147 cm³/mol. The van der Waals surface area contributed by atoms with Crippen LogP contribution >= 0.6 is 0 Å². The van der Waals surface area contributed by atoms with Crippen LogP contribution in [-0.2, 0) is 16.0 Å². The Morgan fingerprint density at radius 2 is 1.82 bits per heavy atom. The Morgan fingerprint density at radius 3 is 2.66 bits per heavy atom. The second kappa shape index (κ2) is 10.3. The van der Waals surface area contributed by atoms with Crippen molar-refractivity contribution < 1.29 is 18.7 Å².